The molecule has 24 heavy (non-hydrogen) atoms. The number of esters is 1. The molecule has 1 heterocycles. The summed E-state index contributed by atoms with van der Waals surface area (Å²) >= 11 is 0. The number of carbonyl (C=O) groups excluding carboxylic acids is 2. The van der Waals surface area contributed by atoms with Crippen LogP contribution in [-0.4, -0.2) is 29.4 Å². The van der Waals surface area contributed by atoms with Crippen molar-refractivity contribution >= 4 is 11.9 Å². The quantitative estimate of drug-likeness (QED) is 0.814. The second-order valence-corrected chi connectivity index (χ2v) is 5.83. The van der Waals surface area contributed by atoms with Gasteiger partial charge < -0.3 is 9.64 Å². The maximum atomic E-state index is 12.9. The molecule has 1 aliphatic rings. The van der Waals surface area contributed by atoms with E-state index in [0.717, 1.165) is 12.0 Å². The van der Waals surface area contributed by atoms with E-state index >= 15 is 0 Å². The third-order valence-corrected chi connectivity index (χ3v) is 4.15. The molecule has 1 atom stereocenters. The van der Waals surface area contributed by atoms with Crippen LogP contribution in [0.25, 0.3) is 0 Å². The Kier molecular flexibility index (Phi) is 4.60. The third-order valence-electron chi connectivity index (χ3n) is 4.15. The summed E-state index contributed by atoms with van der Waals surface area (Å²) in [7, 11) is 0. The molecule has 0 saturated carbocycles. The van der Waals surface area contributed by atoms with E-state index < -0.39 is 17.9 Å². The monoisotopic (exact) mass is 327 g/mol. The Morgan fingerprint density at radius 2 is 1.75 bits per heavy atom. The highest BCUT2D eigenvalue weighted by Gasteiger charge is 2.27. The van der Waals surface area contributed by atoms with Crippen LogP contribution < -0.4 is 0 Å². The van der Waals surface area contributed by atoms with Gasteiger partial charge in [0.2, 0.25) is 0 Å². The summed E-state index contributed by atoms with van der Waals surface area (Å²) in [5.41, 5.74) is 2.59. The van der Waals surface area contributed by atoms with Gasteiger partial charge in [-0.3, -0.25) is 4.79 Å². The summed E-state index contributed by atoms with van der Waals surface area (Å²) in [6.45, 7) is 2.69. The van der Waals surface area contributed by atoms with Gasteiger partial charge in [0.1, 0.15) is 5.82 Å². The lowest BCUT2D eigenvalue weighted by Crippen LogP contribution is -2.42. The zero-order valence-electron chi connectivity index (χ0n) is 13.4. The van der Waals surface area contributed by atoms with Gasteiger partial charge >= 0.3 is 5.97 Å². The number of amides is 1. The van der Waals surface area contributed by atoms with Gasteiger partial charge in [-0.2, -0.15) is 0 Å². The summed E-state index contributed by atoms with van der Waals surface area (Å²) in [6, 6.07) is 13.1. The first kappa shape index (κ1) is 16.2. The molecular formula is C19H18FNO3. The van der Waals surface area contributed by atoms with Crippen molar-refractivity contribution in [2.75, 3.05) is 6.54 Å². The molecule has 1 amide bonds. The molecular weight excluding hydrogens is 309 g/mol. The Hall–Kier alpha value is -2.69. The molecule has 0 unspecified atom stereocenters. The molecule has 2 aromatic carbocycles. The number of halogens is 1. The van der Waals surface area contributed by atoms with Crippen molar-refractivity contribution in [3.05, 3.63) is 71.0 Å². The molecule has 5 heteroatoms. The average molecular weight is 327 g/mol. The zero-order chi connectivity index (χ0) is 17.1. The van der Waals surface area contributed by atoms with Crippen LogP contribution in [0.3, 0.4) is 0 Å². The van der Waals surface area contributed by atoms with Crippen LogP contribution in [0, 0.1) is 5.82 Å². The van der Waals surface area contributed by atoms with Crippen LogP contribution in [0.15, 0.2) is 48.5 Å². The van der Waals surface area contributed by atoms with Gasteiger partial charge in [0, 0.05) is 13.1 Å². The molecule has 0 aromatic heterocycles. The molecule has 2 aromatic rings. The highest BCUT2D eigenvalue weighted by molar-refractivity contribution is 5.92. The maximum Gasteiger partial charge on any atom is 0.338 e. The molecule has 124 valence electrons. The predicted octanol–water partition coefficient (Wildman–Crippen LogP) is 2.96. The Bertz CT molecular complexity index is 757. The predicted molar refractivity (Wildman–Crippen MR) is 86.8 cm³/mol. The Labute approximate surface area is 139 Å². The van der Waals surface area contributed by atoms with E-state index in [-0.39, 0.29) is 11.5 Å². The van der Waals surface area contributed by atoms with E-state index in [1.807, 2.05) is 18.2 Å². The minimum atomic E-state index is -0.882. The highest BCUT2D eigenvalue weighted by Crippen LogP contribution is 2.19. The first-order valence-electron chi connectivity index (χ1n) is 7.86. The summed E-state index contributed by atoms with van der Waals surface area (Å²) < 4.78 is 18.1. The van der Waals surface area contributed by atoms with E-state index in [1.165, 1.54) is 29.8 Å². The molecule has 4 nitrogen and oxygen atoms in total. The normalized spacial score (nSPS) is 14.7. The van der Waals surface area contributed by atoms with E-state index in [9.17, 15) is 14.0 Å². The van der Waals surface area contributed by atoms with Crippen molar-refractivity contribution in [1.82, 2.24) is 4.90 Å². The van der Waals surface area contributed by atoms with Crippen molar-refractivity contribution in [2.45, 2.75) is 26.0 Å². The van der Waals surface area contributed by atoms with Crippen molar-refractivity contribution < 1.29 is 18.7 Å². The largest absolute Gasteiger partial charge is 0.449 e. The summed E-state index contributed by atoms with van der Waals surface area (Å²) in [5, 5.41) is 0. The van der Waals surface area contributed by atoms with Crippen LogP contribution >= 0.6 is 0 Å². The molecule has 0 radical (unpaired) electrons. The number of hydrogen-bond acceptors (Lipinski definition) is 3. The van der Waals surface area contributed by atoms with Crippen LogP contribution in [0.1, 0.15) is 28.4 Å². The minimum Gasteiger partial charge on any atom is -0.449 e. The van der Waals surface area contributed by atoms with E-state index in [2.05, 4.69) is 6.07 Å². The van der Waals surface area contributed by atoms with Gasteiger partial charge in [-0.25, -0.2) is 9.18 Å². The van der Waals surface area contributed by atoms with Crippen molar-refractivity contribution in [3.8, 4) is 0 Å². The first-order valence-corrected chi connectivity index (χ1v) is 7.86. The maximum absolute atomic E-state index is 12.9. The molecule has 0 N–H and O–H groups in total. The fraction of sp³-hybridized carbons (Fsp3) is 0.263. The van der Waals surface area contributed by atoms with E-state index in [0.29, 0.717) is 13.1 Å². The Morgan fingerprint density at radius 1 is 1.08 bits per heavy atom. The molecule has 3 rings (SSSR count). The van der Waals surface area contributed by atoms with Gasteiger partial charge in [-0.15, -0.1) is 0 Å². The van der Waals surface area contributed by atoms with Crippen LogP contribution in [0.5, 0.6) is 0 Å². The van der Waals surface area contributed by atoms with E-state index in [4.69, 9.17) is 4.74 Å². The second-order valence-electron chi connectivity index (χ2n) is 5.83. The Morgan fingerprint density at radius 3 is 2.46 bits per heavy atom. The first-order chi connectivity index (χ1) is 11.5. The number of fused-ring (bicyclic) bond motifs is 1. The summed E-state index contributed by atoms with van der Waals surface area (Å²) in [5.74, 6) is -1.28. The number of carbonyl (C=O) groups is 2. The van der Waals surface area contributed by atoms with Gasteiger partial charge in [-0.1, -0.05) is 24.3 Å². The van der Waals surface area contributed by atoms with Crippen LogP contribution in [0.4, 0.5) is 4.39 Å². The molecule has 0 spiro atoms. The number of nitrogens with zero attached hydrogens (tertiary/aromatic N) is 1. The van der Waals surface area contributed by atoms with E-state index in [1.54, 1.807) is 11.8 Å². The third kappa shape index (κ3) is 3.45. The molecule has 1 aliphatic heterocycles. The SMILES string of the molecule is C[C@H](OC(=O)c1ccc(F)cc1)C(=O)N1CCc2ccccc2C1. The van der Waals surface area contributed by atoms with Crippen LogP contribution in [-0.2, 0) is 22.5 Å². The van der Waals surface area contributed by atoms with Crippen molar-refractivity contribution in [3.63, 3.8) is 0 Å². The standard InChI is InChI=1S/C19H18FNO3/c1-13(24-19(23)15-6-8-17(20)9-7-15)18(22)21-11-10-14-4-2-3-5-16(14)12-21/h2-9,13H,10-12H2,1H3/t13-/m0/s1. The van der Waals surface area contributed by atoms with Gasteiger partial charge in [0.05, 0.1) is 5.56 Å². The number of benzene rings is 2. The average Bonchev–Trinajstić information content (AvgIpc) is 2.61. The van der Waals surface area contributed by atoms with Gasteiger partial charge in [0.25, 0.3) is 5.91 Å². The molecule has 0 fully saturated rings. The fourth-order valence-corrected chi connectivity index (χ4v) is 2.81. The highest BCUT2D eigenvalue weighted by atomic mass is 19.1. The molecule has 0 bridgehead atoms. The van der Waals surface area contributed by atoms with Gasteiger partial charge in [0.15, 0.2) is 6.10 Å². The lowest BCUT2D eigenvalue weighted by molar-refractivity contribution is -0.140. The lowest BCUT2D eigenvalue weighted by atomic mass is 9.99. The topological polar surface area (TPSA) is 46.6 Å². The summed E-state index contributed by atoms with van der Waals surface area (Å²) in [4.78, 5) is 26.3. The smallest absolute Gasteiger partial charge is 0.338 e. The zero-order valence-corrected chi connectivity index (χ0v) is 13.4. The summed E-state index contributed by atoms with van der Waals surface area (Å²) in [6.07, 6.45) is -0.0894. The fourth-order valence-electron chi connectivity index (χ4n) is 2.81. The Balaban J connectivity index is 1.63. The van der Waals surface area contributed by atoms with Gasteiger partial charge in [-0.05, 0) is 48.7 Å². The lowest BCUT2D eigenvalue weighted by Gasteiger charge is -2.30. The number of hydrogen-bond donors (Lipinski definition) is 0. The number of ether oxygens (including phenoxy) is 1. The van der Waals surface area contributed by atoms with Crippen molar-refractivity contribution in [1.29, 1.82) is 0 Å². The second kappa shape index (κ2) is 6.83. The minimum absolute atomic E-state index is 0.222. The number of rotatable bonds is 3. The molecule has 0 aliphatic carbocycles. The van der Waals surface area contributed by atoms with Crippen molar-refractivity contribution in [2.24, 2.45) is 0 Å². The van der Waals surface area contributed by atoms with Crippen LogP contribution in [0.2, 0.25) is 0 Å². The molecule has 0 saturated heterocycles.